The second kappa shape index (κ2) is 10.3. The average Bonchev–Trinajstić information content (AvgIpc) is 3.30. The van der Waals surface area contributed by atoms with Crippen molar-refractivity contribution in [2.24, 2.45) is 12.0 Å². The van der Waals surface area contributed by atoms with Crippen LogP contribution in [0.2, 0.25) is 0 Å². The van der Waals surface area contributed by atoms with Crippen molar-refractivity contribution in [3.63, 3.8) is 0 Å². The van der Waals surface area contributed by atoms with Gasteiger partial charge < -0.3 is 20.1 Å². The molecule has 1 aromatic heterocycles. The summed E-state index contributed by atoms with van der Waals surface area (Å²) in [5.74, 6) is 0.846. The highest BCUT2D eigenvalue weighted by molar-refractivity contribution is 14.0. The quantitative estimate of drug-likeness (QED) is 0.298. The first kappa shape index (κ1) is 20.4. The summed E-state index contributed by atoms with van der Waals surface area (Å²) in [6.07, 6.45) is 8.56. The molecule has 2 heterocycles. The molecule has 2 aromatic rings. The number of hydrogen-bond acceptors (Lipinski definition) is 2. The Bertz CT molecular complexity index is 725. The van der Waals surface area contributed by atoms with E-state index in [0.29, 0.717) is 6.54 Å². The van der Waals surface area contributed by atoms with E-state index in [1.165, 1.54) is 16.8 Å². The number of aromatic nitrogens is 1. The van der Waals surface area contributed by atoms with Crippen LogP contribution in [0, 0.1) is 0 Å². The van der Waals surface area contributed by atoms with E-state index < -0.39 is 0 Å². The Morgan fingerprint density at radius 1 is 1.04 bits per heavy atom. The van der Waals surface area contributed by atoms with Crippen molar-refractivity contribution < 1.29 is 0 Å². The lowest BCUT2D eigenvalue weighted by molar-refractivity contribution is 0.815. The molecule has 140 valence electrons. The number of benzene rings is 1. The van der Waals surface area contributed by atoms with Crippen molar-refractivity contribution in [1.82, 2.24) is 15.2 Å². The van der Waals surface area contributed by atoms with E-state index >= 15 is 0 Å². The minimum Gasteiger partial charge on any atom is -0.364 e. The first-order valence-electron chi connectivity index (χ1n) is 8.86. The lowest BCUT2D eigenvalue weighted by Gasteiger charge is -2.18. The molecule has 0 radical (unpaired) electrons. The topological polar surface area (TPSA) is 44.6 Å². The molecule has 1 aliphatic heterocycles. The number of aliphatic imine (C=N–C) groups is 1. The molecule has 0 spiro atoms. The number of nitrogens with zero attached hydrogens (tertiary/aromatic N) is 3. The number of anilines is 1. The molecule has 3 rings (SSSR count). The molecular weight excluding hydrogens is 437 g/mol. The average molecular weight is 465 g/mol. The monoisotopic (exact) mass is 465 g/mol. The van der Waals surface area contributed by atoms with Crippen LogP contribution in [0.5, 0.6) is 0 Å². The molecule has 0 unspecified atom stereocenters. The van der Waals surface area contributed by atoms with Gasteiger partial charge in [-0.05, 0) is 36.2 Å². The zero-order valence-electron chi connectivity index (χ0n) is 15.5. The maximum atomic E-state index is 4.66. The van der Waals surface area contributed by atoms with Crippen LogP contribution in [-0.4, -0.2) is 30.2 Å². The van der Waals surface area contributed by atoms with E-state index in [1.54, 1.807) is 0 Å². The van der Waals surface area contributed by atoms with Gasteiger partial charge in [-0.1, -0.05) is 24.3 Å². The minimum absolute atomic E-state index is 0. The fourth-order valence-corrected chi connectivity index (χ4v) is 2.87. The highest BCUT2D eigenvalue weighted by atomic mass is 127. The van der Waals surface area contributed by atoms with Gasteiger partial charge in [0.15, 0.2) is 5.96 Å². The van der Waals surface area contributed by atoms with Crippen molar-refractivity contribution >= 4 is 35.6 Å². The maximum Gasteiger partial charge on any atom is 0.191 e. The molecule has 0 amide bonds. The summed E-state index contributed by atoms with van der Waals surface area (Å²) >= 11 is 0. The molecule has 0 saturated carbocycles. The van der Waals surface area contributed by atoms with Crippen LogP contribution >= 0.6 is 24.0 Å². The molecule has 1 aromatic carbocycles. The van der Waals surface area contributed by atoms with Gasteiger partial charge in [0.05, 0.1) is 6.54 Å². The Balaban J connectivity index is 0.00000243. The summed E-state index contributed by atoms with van der Waals surface area (Å²) in [5.41, 5.74) is 3.74. The molecular formula is C20H28IN5. The SMILES string of the molecule is CCNC(=NCc1ccn(C)c1)NCc1ccc(N2CC=CC2)cc1.I. The van der Waals surface area contributed by atoms with Crippen LogP contribution in [0.15, 0.2) is 59.9 Å². The summed E-state index contributed by atoms with van der Waals surface area (Å²) < 4.78 is 2.04. The number of nitrogens with one attached hydrogen (secondary N) is 2. The molecule has 1 aliphatic rings. The molecule has 0 atom stereocenters. The zero-order valence-corrected chi connectivity index (χ0v) is 17.8. The molecule has 26 heavy (non-hydrogen) atoms. The van der Waals surface area contributed by atoms with Gasteiger partial charge in [-0.3, -0.25) is 0 Å². The van der Waals surface area contributed by atoms with Crippen LogP contribution in [0.3, 0.4) is 0 Å². The lowest BCUT2D eigenvalue weighted by atomic mass is 10.2. The molecule has 0 aliphatic carbocycles. The van der Waals surface area contributed by atoms with Crippen molar-refractivity contribution in [3.05, 3.63) is 66.0 Å². The highest BCUT2D eigenvalue weighted by Crippen LogP contribution is 2.17. The Morgan fingerprint density at radius 2 is 1.77 bits per heavy atom. The minimum atomic E-state index is 0. The van der Waals surface area contributed by atoms with Gasteiger partial charge in [0.25, 0.3) is 0 Å². The summed E-state index contributed by atoms with van der Waals surface area (Å²) in [7, 11) is 2.03. The number of aryl methyl sites for hydroxylation is 1. The Labute approximate surface area is 173 Å². The third-order valence-corrected chi connectivity index (χ3v) is 4.24. The highest BCUT2D eigenvalue weighted by Gasteiger charge is 2.07. The van der Waals surface area contributed by atoms with Gasteiger partial charge >= 0.3 is 0 Å². The van der Waals surface area contributed by atoms with Crippen LogP contribution in [0.25, 0.3) is 0 Å². The first-order chi connectivity index (χ1) is 12.2. The third kappa shape index (κ3) is 5.79. The Hall–Kier alpha value is -1.96. The van der Waals surface area contributed by atoms with E-state index in [2.05, 4.69) is 76.1 Å². The fraction of sp³-hybridized carbons (Fsp3) is 0.350. The van der Waals surface area contributed by atoms with E-state index in [4.69, 9.17) is 0 Å². The number of halogens is 1. The molecule has 0 saturated heterocycles. The van der Waals surface area contributed by atoms with Crippen LogP contribution < -0.4 is 15.5 Å². The van der Waals surface area contributed by atoms with Gasteiger partial charge in [0.1, 0.15) is 0 Å². The molecule has 5 nitrogen and oxygen atoms in total. The molecule has 2 N–H and O–H groups in total. The standard InChI is InChI=1S/C20H27N5.HI/c1-3-21-20(23-15-18-10-13-24(2)16-18)22-14-17-6-8-19(9-7-17)25-11-4-5-12-25;/h4-10,13,16H,3,11-12,14-15H2,1-2H3,(H2,21,22,23);1H. The largest absolute Gasteiger partial charge is 0.364 e. The van der Waals surface area contributed by atoms with Gasteiger partial charge in [-0.15, -0.1) is 24.0 Å². The lowest BCUT2D eigenvalue weighted by Crippen LogP contribution is -2.36. The number of guanidine groups is 1. The first-order valence-corrected chi connectivity index (χ1v) is 8.86. The number of hydrogen-bond donors (Lipinski definition) is 2. The van der Waals surface area contributed by atoms with Crippen molar-refractivity contribution in [2.45, 2.75) is 20.0 Å². The van der Waals surface area contributed by atoms with E-state index in [0.717, 1.165) is 32.1 Å². The third-order valence-electron chi connectivity index (χ3n) is 4.24. The fourth-order valence-electron chi connectivity index (χ4n) is 2.87. The van der Waals surface area contributed by atoms with Gasteiger partial charge in [0.2, 0.25) is 0 Å². The Kier molecular flexibility index (Phi) is 8.03. The predicted molar refractivity (Wildman–Crippen MR) is 120 cm³/mol. The zero-order chi connectivity index (χ0) is 17.5. The molecule has 6 heteroatoms. The maximum absolute atomic E-state index is 4.66. The van der Waals surface area contributed by atoms with Crippen molar-refractivity contribution in [3.8, 4) is 0 Å². The van der Waals surface area contributed by atoms with Gasteiger partial charge in [0, 0.05) is 51.3 Å². The summed E-state index contributed by atoms with van der Waals surface area (Å²) in [4.78, 5) is 7.01. The van der Waals surface area contributed by atoms with Crippen LogP contribution in [-0.2, 0) is 20.1 Å². The normalized spacial score (nSPS) is 13.6. The van der Waals surface area contributed by atoms with E-state index in [1.807, 2.05) is 17.8 Å². The van der Waals surface area contributed by atoms with E-state index in [9.17, 15) is 0 Å². The van der Waals surface area contributed by atoms with Gasteiger partial charge in [-0.25, -0.2) is 4.99 Å². The Morgan fingerprint density at radius 3 is 2.38 bits per heavy atom. The van der Waals surface area contributed by atoms with Crippen LogP contribution in [0.4, 0.5) is 5.69 Å². The number of rotatable bonds is 6. The van der Waals surface area contributed by atoms with Crippen molar-refractivity contribution in [1.29, 1.82) is 0 Å². The van der Waals surface area contributed by atoms with E-state index in [-0.39, 0.29) is 24.0 Å². The molecule has 0 bridgehead atoms. The predicted octanol–water partition coefficient (Wildman–Crippen LogP) is 3.27. The van der Waals surface area contributed by atoms with Crippen LogP contribution in [0.1, 0.15) is 18.1 Å². The van der Waals surface area contributed by atoms with Gasteiger partial charge in [-0.2, -0.15) is 0 Å². The summed E-state index contributed by atoms with van der Waals surface area (Å²) in [6.45, 7) is 6.39. The summed E-state index contributed by atoms with van der Waals surface area (Å²) in [6, 6.07) is 10.8. The molecule has 0 fully saturated rings. The smallest absolute Gasteiger partial charge is 0.191 e. The second-order valence-electron chi connectivity index (χ2n) is 6.28. The summed E-state index contributed by atoms with van der Waals surface area (Å²) in [5, 5.41) is 6.71. The van der Waals surface area contributed by atoms with Crippen molar-refractivity contribution in [2.75, 3.05) is 24.5 Å². The second-order valence-corrected chi connectivity index (χ2v) is 6.28.